The van der Waals surface area contributed by atoms with Crippen LogP contribution in [-0.4, -0.2) is 48.0 Å². The van der Waals surface area contributed by atoms with E-state index < -0.39 is 5.41 Å². The standard InChI is InChI=1S/C21H26N4O2S2/c1-21(2,3)19(27)23-20(28)22-15-6-8-16(9-7-15)24-10-12-25(13-11-24)18(26)17-5-4-14-29-17/h4-9,14H,10-13H2,1-3H3,(H2,22,23,27,28). The molecule has 2 aromatic rings. The number of anilines is 2. The molecule has 6 nitrogen and oxygen atoms in total. The van der Waals surface area contributed by atoms with E-state index in [0.29, 0.717) is 18.2 Å². The van der Waals surface area contributed by atoms with Gasteiger partial charge in [0.1, 0.15) is 0 Å². The van der Waals surface area contributed by atoms with Crippen LogP contribution in [0.4, 0.5) is 11.4 Å². The van der Waals surface area contributed by atoms with Gasteiger partial charge >= 0.3 is 0 Å². The number of hydrogen-bond acceptors (Lipinski definition) is 5. The quantitative estimate of drug-likeness (QED) is 0.729. The van der Waals surface area contributed by atoms with Gasteiger partial charge in [0.05, 0.1) is 4.88 Å². The highest BCUT2D eigenvalue weighted by atomic mass is 32.1. The van der Waals surface area contributed by atoms with Crippen molar-refractivity contribution in [3.05, 3.63) is 46.7 Å². The molecule has 0 atom stereocenters. The van der Waals surface area contributed by atoms with Gasteiger partial charge in [-0.05, 0) is 47.9 Å². The van der Waals surface area contributed by atoms with Crippen LogP contribution in [0, 0.1) is 5.41 Å². The van der Waals surface area contributed by atoms with E-state index >= 15 is 0 Å². The van der Waals surface area contributed by atoms with Crippen LogP contribution in [0.15, 0.2) is 41.8 Å². The summed E-state index contributed by atoms with van der Waals surface area (Å²) in [5, 5.41) is 7.97. The molecule has 0 bridgehead atoms. The lowest BCUT2D eigenvalue weighted by Gasteiger charge is -2.36. The predicted octanol–water partition coefficient (Wildman–Crippen LogP) is 3.57. The van der Waals surface area contributed by atoms with Crippen LogP contribution in [0.5, 0.6) is 0 Å². The Kier molecular flexibility index (Phi) is 6.54. The molecule has 2 amide bonds. The van der Waals surface area contributed by atoms with Gasteiger partial charge in [-0.3, -0.25) is 9.59 Å². The molecule has 0 saturated carbocycles. The molecule has 8 heteroatoms. The Morgan fingerprint density at radius 2 is 1.69 bits per heavy atom. The lowest BCUT2D eigenvalue weighted by molar-refractivity contribution is -0.126. The summed E-state index contributed by atoms with van der Waals surface area (Å²) in [6.45, 7) is 8.53. The van der Waals surface area contributed by atoms with E-state index in [-0.39, 0.29) is 11.8 Å². The second-order valence-corrected chi connectivity index (χ2v) is 9.32. The van der Waals surface area contributed by atoms with E-state index in [2.05, 4.69) is 15.5 Å². The third kappa shape index (κ3) is 5.55. The smallest absolute Gasteiger partial charge is 0.264 e. The molecule has 1 aromatic heterocycles. The van der Waals surface area contributed by atoms with Gasteiger partial charge in [0.2, 0.25) is 5.91 Å². The molecule has 0 unspecified atom stereocenters. The minimum atomic E-state index is -0.497. The monoisotopic (exact) mass is 430 g/mol. The Bertz CT molecular complexity index is 865. The number of nitrogens with one attached hydrogen (secondary N) is 2. The number of benzene rings is 1. The van der Waals surface area contributed by atoms with Crippen LogP contribution in [0.25, 0.3) is 0 Å². The molecular formula is C21H26N4O2S2. The van der Waals surface area contributed by atoms with Crippen molar-refractivity contribution in [3.8, 4) is 0 Å². The van der Waals surface area contributed by atoms with Crippen LogP contribution in [0.2, 0.25) is 0 Å². The number of nitrogens with zero attached hydrogens (tertiary/aromatic N) is 2. The van der Waals surface area contributed by atoms with Gasteiger partial charge in [0.15, 0.2) is 5.11 Å². The molecule has 2 N–H and O–H groups in total. The van der Waals surface area contributed by atoms with E-state index in [9.17, 15) is 9.59 Å². The lowest BCUT2D eigenvalue weighted by atomic mass is 9.96. The predicted molar refractivity (Wildman–Crippen MR) is 123 cm³/mol. The Morgan fingerprint density at radius 1 is 1.03 bits per heavy atom. The molecule has 1 aromatic carbocycles. The van der Waals surface area contributed by atoms with Gasteiger partial charge < -0.3 is 20.4 Å². The molecule has 1 aliphatic rings. The van der Waals surface area contributed by atoms with Crippen molar-refractivity contribution in [2.24, 2.45) is 5.41 Å². The fraction of sp³-hybridized carbons (Fsp3) is 0.381. The van der Waals surface area contributed by atoms with Crippen LogP contribution < -0.4 is 15.5 Å². The molecule has 0 radical (unpaired) electrons. The van der Waals surface area contributed by atoms with Crippen molar-refractivity contribution < 1.29 is 9.59 Å². The number of carbonyl (C=O) groups is 2. The highest BCUT2D eigenvalue weighted by Gasteiger charge is 2.23. The van der Waals surface area contributed by atoms with Gasteiger partial charge in [-0.15, -0.1) is 11.3 Å². The Balaban J connectivity index is 1.51. The van der Waals surface area contributed by atoms with Crippen molar-refractivity contribution in [1.82, 2.24) is 10.2 Å². The average Bonchev–Trinajstić information content (AvgIpc) is 3.22. The van der Waals surface area contributed by atoms with Gasteiger partial charge in [-0.1, -0.05) is 26.8 Å². The summed E-state index contributed by atoms with van der Waals surface area (Å²) in [4.78, 5) is 29.4. The van der Waals surface area contributed by atoms with Crippen LogP contribution in [0.1, 0.15) is 30.4 Å². The van der Waals surface area contributed by atoms with Crippen LogP contribution in [0.3, 0.4) is 0 Å². The normalized spacial score (nSPS) is 14.4. The fourth-order valence-corrected chi connectivity index (χ4v) is 3.83. The average molecular weight is 431 g/mol. The van der Waals surface area contributed by atoms with Crippen molar-refractivity contribution in [1.29, 1.82) is 0 Å². The molecule has 1 aliphatic heterocycles. The molecule has 0 spiro atoms. The maximum absolute atomic E-state index is 12.5. The Morgan fingerprint density at radius 3 is 2.24 bits per heavy atom. The van der Waals surface area contributed by atoms with E-state index in [1.54, 1.807) is 0 Å². The number of thiophene rings is 1. The zero-order valence-electron chi connectivity index (χ0n) is 16.9. The van der Waals surface area contributed by atoms with Crippen molar-refractivity contribution in [2.75, 3.05) is 36.4 Å². The molecule has 3 rings (SSSR count). The van der Waals surface area contributed by atoms with Crippen molar-refractivity contribution in [3.63, 3.8) is 0 Å². The zero-order valence-corrected chi connectivity index (χ0v) is 18.5. The summed E-state index contributed by atoms with van der Waals surface area (Å²) in [5.41, 5.74) is 1.42. The minimum absolute atomic E-state index is 0.116. The number of hydrogen-bond donors (Lipinski definition) is 2. The Labute approximate surface area is 180 Å². The topological polar surface area (TPSA) is 64.7 Å². The lowest BCUT2D eigenvalue weighted by Crippen LogP contribution is -2.48. The second kappa shape index (κ2) is 8.92. The largest absolute Gasteiger partial charge is 0.368 e. The number of amides is 2. The Hall–Kier alpha value is -2.45. The third-order valence-electron chi connectivity index (χ3n) is 4.70. The van der Waals surface area contributed by atoms with Gasteiger partial charge in [-0.25, -0.2) is 0 Å². The molecular weight excluding hydrogens is 404 g/mol. The van der Waals surface area contributed by atoms with E-state index in [1.165, 1.54) is 11.3 Å². The summed E-state index contributed by atoms with van der Waals surface area (Å²) < 4.78 is 0. The summed E-state index contributed by atoms with van der Waals surface area (Å²) in [6, 6.07) is 11.7. The maximum atomic E-state index is 12.5. The van der Waals surface area contributed by atoms with Gasteiger partial charge in [-0.2, -0.15) is 0 Å². The van der Waals surface area contributed by atoms with Crippen molar-refractivity contribution >= 4 is 51.9 Å². The highest BCUT2D eigenvalue weighted by Crippen LogP contribution is 2.21. The molecule has 0 aliphatic carbocycles. The molecule has 1 fully saturated rings. The van der Waals surface area contributed by atoms with Crippen molar-refractivity contribution in [2.45, 2.75) is 20.8 Å². The first-order valence-corrected chi connectivity index (χ1v) is 10.8. The van der Waals surface area contributed by atoms with Crippen LogP contribution in [-0.2, 0) is 4.79 Å². The molecule has 29 heavy (non-hydrogen) atoms. The summed E-state index contributed by atoms with van der Waals surface area (Å²) in [5.74, 6) is -0.00778. The number of carbonyl (C=O) groups excluding carboxylic acids is 2. The second-order valence-electron chi connectivity index (χ2n) is 7.96. The SMILES string of the molecule is CC(C)(C)C(=O)NC(=S)Nc1ccc(N2CCN(C(=O)c3cccs3)CC2)cc1. The zero-order chi connectivity index (χ0) is 21.0. The first-order chi connectivity index (χ1) is 13.7. The number of rotatable bonds is 3. The molecule has 2 heterocycles. The number of piperazine rings is 1. The van der Waals surface area contributed by atoms with E-state index in [0.717, 1.165) is 29.3 Å². The first-order valence-electron chi connectivity index (χ1n) is 9.54. The summed E-state index contributed by atoms with van der Waals surface area (Å²) in [6.07, 6.45) is 0. The summed E-state index contributed by atoms with van der Waals surface area (Å²) >= 11 is 6.70. The number of thiocarbonyl (C=S) groups is 1. The minimum Gasteiger partial charge on any atom is -0.368 e. The van der Waals surface area contributed by atoms with Gasteiger partial charge in [0, 0.05) is 43.0 Å². The van der Waals surface area contributed by atoms with E-state index in [4.69, 9.17) is 12.2 Å². The maximum Gasteiger partial charge on any atom is 0.264 e. The van der Waals surface area contributed by atoms with Gasteiger partial charge in [0.25, 0.3) is 5.91 Å². The van der Waals surface area contributed by atoms with E-state index in [1.807, 2.05) is 67.4 Å². The van der Waals surface area contributed by atoms with Crippen LogP contribution >= 0.6 is 23.6 Å². The molecule has 1 saturated heterocycles. The summed E-state index contributed by atoms with van der Waals surface area (Å²) in [7, 11) is 0. The fourth-order valence-electron chi connectivity index (χ4n) is 2.93. The highest BCUT2D eigenvalue weighted by molar-refractivity contribution is 7.80. The first kappa shape index (κ1) is 21.3. The third-order valence-corrected chi connectivity index (χ3v) is 5.76. The molecule has 154 valence electrons.